The van der Waals surface area contributed by atoms with E-state index in [0.717, 1.165) is 17.2 Å². The monoisotopic (exact) mass is 518 g/mol. The molecule has 0 unspecified atom stereocenters. The summed E-state index contributed by atoms with van der Waals surface area (Å²) < 4.78 is 45.0. The first kappa shape index (κ1) is 29.2. The number of alkyl halides is 3. The highest BCUT2D eigenvalue weighted by atomic mass is 19.4. The molecule has 198 valence electrons. The van der Waals surface area contributed by atoms with Crippen molar-refractivity contribution in [2.75, 3.05) is 25.5 Å². The van der Waals surface area contributed by atoms with Crippen LogP contribution in [0, 0.1) is 0 Å². The zero-order valence-corrected chi connectivity index (χ0v) is 21.0. The number of nitrogens with one attached hydrogen (secondary N) is 1. The molecule has 2 aromatic rings. The smallest absolute Gasteiger partial charge is 0.416 e. The number of hydrogen-bond acceptors (Lipinski definition) is 4. The number of aliphatic carboxylic acids is 1. The van der Waals surface area contributed by atoms with Gasteiger partial charge in [0.25, 0.3) is 5.91 Å². The molecule has 0 spiro atoms. The molecule has 2 rings (SSSR count). The SMILES string of the molecule is COc1ccc(CC(=O)Nc2ccc(C(=O)N(CC(=O)O)C/C(C)=C/C=C(C)C)cc2)c(C(F)(F)F)c1. The minimum Gasteiger partial charge on any atom is -0.497 e. The number of carboxylic acids is 1. The molecule has 0 radical (unpaired) electrons. The number of allylic oxidation sites excluding steroid dienone is 3. The Kier molecular flexibility index (Phi) is 10.0. The fraction of sp³-hybridized carbons (Fsp3) is 0.296. The molecular formula is C27H29F3N2O5. The van der Waals surface area contributed by atoms with Gasteiger partial charge in [-0.1, -0.05) is 29.4 Å². The van der Waals surface area contributed by atoms with Gasteiger partial charge in [-0.2, -0.15) is 13.2 Å². The van der Waals surface area contributed by atoms with Gasteiger partial charge in [-0.15, -0.1) is 0 Å². The van der Waals surface area contributed by atoms with E-state index < -0.39 is 42.5 Å². The van der Waals surface area contributed by atoms with Gasteiger partial charge < -0.3 is 20.1 Å². The first-order chi connectivity index (χ1) is 17.3. The van der Waals surface area contributed by atoms with Crippen molar-refractivity contribution in [1.82, 2.24) is 4.90 Å². The highest BCUT2D eigenvalue weighted by Crippen LogP contribution is 2.34. The van der Waals surface area contributed by atoms with Crippen molar-refractivity contribution in [3.05, 3.63) is 82.5 Å². The number of nitrogens with zero attached hydrogens (tertiary/aromatic N) is 1. The number of anilines is 1. The van der Waals surface area contributed by atoms with E-state index in [4.69, 9.17) is 4.74 Å². The van der Waals surface area contributed by atoms with Gasteiger partial charge in [0.05, 0.1) is 19.1 Å². The van der Waals surface area contributed by atoms with E-state index in [9.17, 15) is 32.7 Å². The van der Waals surface area contributed by atoms with Crippen molar-refractivity contribution in [3.63, 3.8) is 0 Å². The number of amides is 2. The van der Waals surface area contributed by atoms with Gasteiger partial charge in [0.1, 0.15) is 12.3 Å². The van der Waals surface area contributed by atoms with Crippen LogP contribution < -0.4 is 10.1 Å². The number of methoxy groups -OCH3 is 1. The van der Waals surface area contributed by atoms with Gasteiger partial charge in [-0.25, -0.2) is 0 Å². The third-order valence-electron chi connectivity index (χ3n) is 5.14. The Morgan fingerprint density at radius 3 is 2.19 bits per heavy atom. The van der Waals surface area contributed by atoms with Crippen LogP contribution in [-0.4, -0.2) is 48.0 Å². The van der Waals surface area contributed by atoms with E-state index in [-0.39, 0.29) is 29.1 Å². The summed E-state index contributed by atoms with van der Waals surface area (Å²) >= 11 is 0. The lowest BCUT2D eigenvalue weighted by molar-refractivity contribution is -0.139. The lowest BCUT2D eigenvalue weighted by Crippen LogP contribution is -2.36. The number of carbonyl (C=O) groups excluding carboxylic acids is 2. The van der Waals surface area contributed by atoms with Gasteiger partial charge in [-0.05, 0) is 62.7 Å². The Balaban J connectivity index is 2.14. The zero-order valence-electron chi connectivity index (χ0n) is 21.0. The van der Waals surface area contributed by atoms with E-state index in [1.807, 2.05) is 26.0 Å². The number of rotatable bonds is 10. The molecule has 0 atom stereocenters. The second-order valence-corrected chi connectivity index (χ2v) is 8.64. The van der Waals surface area contributed by atoms with Crippen molar-refractivity contribution in [3.8, 4) is 5.75 Å². The van der Waals surface area contributed by atoms with E-state index in [0.29, 0.717) is 0 Å². The molecule has 0 bridgehead atoms. The highest BCUT2D eigenvalue weighted by molar-refractivity contribution is 5.97. The zero-order chi connectivity index (χ0) is 27.8. The fourth-order valence-electron chi connectivity index (χ4n) is 3.38. The molecule has 0 heterocycles. The van der Waals surface area contributed by atoms with Crippen LogP contribution in [0.25, 0.3) is 0 Å². The summed E-state index contributed by atoms with van der Waals surface area (Å²) in [6, 6.07) is 9.05. The predicted octanol–water partition coefficient (Wildman–Crippen LogP) is 5.33. The summed E-state index contributed by atoms with van der Waals surface area (Å²) in [4.78, 5) is 37.8. The summed E-state index contributed by atoms with van der Waals surface area (Å²) in [6.45, 7) is 5.22. The van der Waals surface area contributed by atoms with Gasteiger partial charge in [0.15, 0.2) is 0 Å². The van der Waals surface area contributed by atoms with Gasteiger partial charge in [0.2, 0.25) is 5.91 Å². The Morgan fingerprint density at radius 2 is 1.65 bits per heavy atom. The normalized spacial score (nSPS) is 11.5. The molecule has 10 heteroatoms. The molecule has 0 fully saturated rings. The summed E-state index contributed by atoms with van der Waals surface area (Å²) in [6.07, 6.45) is -1.51. The summed E-state index contributed by atoms with van der Waals surface area (Å²) in [5.41, 5.74) is 1.14. The lowest BCUT2D eigenvalue weighted by atomic mass is 10.0. The van der Waals surface area contributed by atoms with Gasteiger partial charge >= 0.3 is 12.1 Å². The maximum absolute atomic E-state index is 13.4. The van der Waals surface area contributed by atoms with Crippen molar-refractivity contribution in [1.29, 1.82) is 0 Å². The molecule has 37 heavy (non-hydrogen) atoms. The summed E-state index contributed by atoms with van der Waals surface area (Å²) in [5.74, 6) is -2.33. The van der Waals surface area contributed by atoms with Crippen molar-refractivity contribution in [2.24, 2.45) is 0 Å². The average molecular weight is 519 g/mol. The second kappa shape index (κ2) is 12.8. The second-order valence-electron chi connectivity index (χ2n) is 8.64. The maximum Gasteiger partial charge on any atom is 0.416 e. The molecule has 0 aliphatic rings. The molecule has 0 aromatic heterocycles. The Bertz CT molecular complexity index is 1200. The van der Waals surface area contributed by atoms with Crippen molar-refractivity contribution in [2.45, 2.75) is 33.4 Å². The number of hydrogen-bond donors (Lipinski definition) is 2. The quantitative estimate of drug-likeness (QED) is 0.415. The van der Waals surface area contributed by atoms with Crippen LogP contribution in [-0.2, 0) is 22.2 Å². The topological polar surface area (TPSA) is 95.9 Å². The fourth-order valence-corrected chi connectivity index (χ4v) is 3.38. The van der Waals surface area contributed by atoms with Crippen LogP contribution in [0.5, 0.6) is 5.75 Å². The van der Waals surface area contributed by atoms with Crippen LogP contribution in [0.15, 0.2) is 65.8 Å². The minimum absolute atomic E-state index is 0.0244. The van der Waals surface area contributed by atoms with E-state index in [2.05, 4.69) is 5.32 Å². The largest absolute Gasteiger partial charge is 0.497 e. The van der Waals surface area contributed by atoms with Gasteiger partial charge in [-0.3, -0.25) is 14.4 Å². The predicted molar refractivity (Wildman–Crippen MR) is 133 cm³/mol. The van der Waals surface area contributed by atoms with Gasteiger partial charge in [0, 0.05) is 17.8 Å². The van der Waals surface area contributed by atoms with E-state index >= 15 is 0 Å². The van der Waals surface area contributed by atoms with Crippen LogP contribution in [0.3, 0.4) is 0 Å². The standard InChI is InChI=1S/C27H29F3N2O5/c1-17(2)5-6-18(3)15-32(16-25(34)35)26(36)19-7-10-21(11-8-19)31-24(33)13-20-9-12-22(37-4)14-23(20)27(28,29)30/h5-12,14H,13,15-16H2,1-4H3,(H,31,33)(H,34,35)/b18-6+. The molecule has 2 aromatic carbocycles. The molecule has 7 nitrogen and oxygen atoms in total. The Labute approximate surface area is 213 Å². The number of benzene rings is 2. The molecule has 0 aliphatic heterocycles. The first-order valence-corrected chi connectivity index (χ1v) is 11.3. The van der Waals surface area contributed by atoms with Crippen molar-refractivity contribution < 1.29 is 37.4 Å². The highest BCUT2D eigenvalue weighted by Gasteiger charge is 2.34. The lowest BCUT2D eigenvalue weighted by Gasteiger charge is -2.21. The molecule has 0 saturated heterocycles. The molecule has 0 aliphatic carbocycles. The molecule has 0 saturated carbocycles. The number of halogens is 3. The third-order valence-corrected chi connectivity index (χ3v) is 5.14. The number of carbonyl (C=O) groups is 3. The van der Waals surface area contributed by atoms with Crippen molar-refractivity contribution >= 4 is 23.5 Å². The van der Waals surface area contributed by atoms with Crippen LogP contribution in [0.4, 0.5) is 18.9 Å². The third kappa shape index (κ3) is 9.14. The summed E-state index contributed by atoms with van der Waals surface area (Å²) in [5, 5.41) is 11.7. The first-order valence-electron chi connectivity index (χ1n) is 11.3. The maximum atomic E-state index is 13.4. The van der Waals surface area contributed by atoms with E-state index in [1.165, 1.54) is 48.4 Å². The molecule has 2 amide bonds. The Morgan fingerprint density at radius 1 is 1.00 bits per heavy atom. The van der Waals surface area contributed by atoms with E-state index in [1.54, 1.807) is 6.92 Å². The Hall–Kier alpha value is -4.08. The van der Waals surface area contributed by atoms with Crippen LogP contribution in [0.1, 0.15) is 42.3 Å². The molecular weight excluding hydrogens is 489 g/mol. The number of carboxylic acid groups (broad SMARTS) is 1. The minimum atomic E-state index is -4.66. The average Bonchev–Trinajstić information content (AvgIpc) is 2.81. The summed E-state index contributed by atoms with van der Waals surface area (Å²) in [7, 11) is 1.25. The van der Waals surface area contributed by atoms with Crippen LogP contribution >= 0.6 is 0 Å². The van der Waals surface area contributed by atoms with Crippen LogP contribution in [0.2, 0.25) is 0 Å². The molecule has 2 N–H and O–H groups in total. The number of ether oxygens (including phenoxy) is 1.